The molecule has 0 fully saturated rings. The number of rotatable bonds is 11. The zero-order chi connectivity index (χ0) is 26.2. The number of hydrogen-bond acceptors (Lipinski definition) is 7. The third-order valence-electron chi connectivity index (χ3n) is 5.59. The Balaban J connectivity index is 2.13. The molecule has 0 unspecified atom stereocenters. The summed E-state index contributed by atoms with van der Waals surface area (Å²) in [6.45, 7) is 9.87. The van der Waals surface area contributed by atoms with Crippen molar-refractivity contribution in [2.24, 2.45) is 5.10 Å². The Morgan fingerprint density at radius 1 is 1.25 bits per heavy atom. The maximum absolute atomic E-state index is 13.4. The second-order valence-corrected chi connectivity index (χ2v) is 9.02. The van der Waals surface area contributed by atoms with Gasteiger partial charge in [-0.05, 0) is 55.7 Å². The number of esters is 1. The summed E-state index contributed by atoms with van der Waals surface area (Å²) in [7, 11) is 1.30. The number of fused-ring (bicyclic) bond motifs is 1. The number of carbonyl (C=O) groups is 1. The van der Waals surface area contributed by atoms with Crippen molar-refractivity contribution < 1.29 is 19.0 Å². The number of carbonyl (C=O) groups excluding carboxylic acids is 1. The minimum absolute atomic E-state index is 0.0207. The lowest BCUT2D eigenvalue weighted by molar-refractivity contribution is -0.142. The third-order valence-corrected chi connectivity index (χ3v) is 6.08. The molecule has 0 N–H and O–H groups in total. The van der Waals surface area contributed by atoms with E-state index >= 15 is 0 Å². The fraction of sp³-hybridized carbons (Fsp3) is 0.333. The predicted molar refractivity (Wildman–Crippen MR) is 144 cm³/mol. The van der Waals surface area contributed by atoms with Crippen LogP contribution in [-0.4, -0.2) is 42.2 Å². The fourth-order valence-corrected chi connectivity index (χ4v) is 3.95. The summed E-state index contributed by atoms with van der Waals surface area (Å²) in [6.07, 6.45) is 4.60. The Bertz CT molecular complexity index is 1350. The quantitative estimate of drug-likeness (QED) is 0.182. The number of nitrogens with zero attached hydrogens (tertiary/aromatic N) is 3. The highest BCUT2D eigenvalue weighted by Crippen LogP contribution is 2.34. The fourth-order valence-electron chi connectivity index (χ4n) is 3.59. The number of methoxy groups -OCH3 is 1. The monoisotopic (exact) mass is 555 g/mol. The molecule has 0 saturated carbocycles. The molecule has 0 amide bonds. The van der Waals surface area contributed by atoms with Crippen molar-refractivity contribution in [2.45, 2.75) is 39.5 Å². The number of allylic oxidation sites excluding steroid dienone is 1. The molecule has 1 heterocycles. The molecule has 0 aliphatic rings. The van der Waals surface area contributed by atoms with Crippen molar-refractivity contribution in [1.29, 1.82) is 0 Å². The molecule has 0 saturated heterocycles. The first kappa shape index (κ1) is 27.1. The van der Waals surface area contributed by atoms with Gasteiger partial charge in [-0.1, -0.05) is 35.9 Å². The van der Waals surface area contributed by atoms with E-state index in [-0.39, 0.29) is 18.1 Å². The normalized spacial score (nSPS) is 12.0. The van der Waals surface area contributed by atoms with E-state index in [1.54, 1.807) is 24.4 Å². The zero-order valence-electron chi connectivity index (χ0n) is 20.9. The number of ether oxygens (including phenoxy) is 3. The minimum Gasteiger partial charge on any atom is -0.490 e. The molecule has 190 valence electrons. The van der Waals surface area contributed by atoms with Gasteiger partial charge in [0.2, 0.25) is 0 Å². The third kappa shape index (κ3) is 6.20. The van der Waals surface area contributed by atoms with Crippen molar-refractivity contribution >= 4 is 39.0 Å². The molecule has 0 aliphatic carbocycles. The Labute approximate surface area is 218 Å². The summed E-state index contributed by atoms with van der Waals surface area (Å²) in [4.78, 5) is 29.8. The van der Waals surface area contributed by atoms with E-state index in [2.05, 4.69) is 32.3 Å². The first-order valence-electron chi connectivity index (χ1n) is 11.7. The Hall–Kier alpha value is -3.46. The van der Waals surface area contributed by atoms with Crippen LogP contribution >= 0.6 is 15.9 Å². The number of halogens is 1. The van der Waals surface area contributed by atoms with E-state index in [4.69, 9.17) is 14.5 Å². The van der Waals surface area contributed by atoms with Crippen LogP contribution in [0, 0.1) is 0 Å². The van der Waals surface area contributed by atoms with Gasteiger partial charge in [0.25, 0.3) is 5.56 Å². The Kier molecular flexibility index (Phi) is 9.41. The van der Waals surface area contributed by atoms with Gasteiger partial charge in [-0.2, -0.15) is 9.78 Å². The Morgan fingerprint density at radius 2 is 2.03 bits per heavy atom. The van der Waals surface area contributed by atoms with Crippen LogP contribution in [0.2, 0.25) is 0 Å². The summed E-state index contributed by atoms with van der Waals surface area (Å²) in [5.74, 6) is 1.00. The van der Waals surface area contributed by atoms with Crippen molar-refractivity contribution in [3.63, 3.8) is 0 Å². The van der Waals surface area contributed by atoms with Gasteiger partial charge >= 0.3 is 5.97 Å². The van der Waals surface area contributed by atoms with Gasteiger partial charge in [-0.25, -0.2) is 9.78 Å². The van der Waals surface area contributed by atoms with E-state index in [1.165, 1.54) is 11.8 Å². The molecule has 2 aromatic carbocycles. The second kappa shape index (κ2) is 12.5. The highest BCUT2D eigenvalue weighted by molar-refractivity contribution is 9.10. The molecular weight excluding hydrogens is 526 g/mol. The number of aromatic nitrogens is 2. The van der Waals surface area contributed by atoms with Gasteiger partial charge in [0, 0.05) is 16.0 Å². The molecule has 1 atom stereocenters. The van der Waals surface area contributed by atoms with Crippen LogP contribution in [-0.2, 0) is 16.0 Å². The van der Waals surface area contributed by atoms with Crippen molar-refractivity contribution in [2.75, 3.05) is 20.3 Å². The van der Waals surface area contributed by atoms with Gasteiger partial charge in [-0.3, -0.25) is 4.79 Å². The standard InChI is InChI=1S/C27H30BrN3O5/c1-6-9-19-12-18(13-23(35-8-3)25(19)36-16-24(32)34-5)15-29-31-26(17(4)7-2)30-22-11-10-20(28)14-21(22)27(31)33/h6,10-15,17H,1,7-9,16H2,2-5H3/t17-/m0/s1. The Morgan fingerprint density at radius 3 is 2.69 bits per heavy atom. The number of hydrogen-bond donors (Lipinski definition) is 0. The minimum atomic E-state index is -0.500. The molecule has 1 aromatic heterocycles. The molecule has 0 spiro atoms. The lowest BCUT2D eigenvalue weighted by Gasteiger charge is -2.16. The zero-order valence-corrected chi connectivity index (χ0v) is 22.5. The van der Waals surface area contributed by atoms with Crippen LogP contribution in [0.4, 0.5) is 0 Å². The van der Waals surface area contributed by atoms with E-state index < -0.39 is 5.97 Å². The summed E-state index contributed by atoms with van der Waals surface area (Å²) in [5, 5.41) is 5.02. The highest BCUT2D eigenvalue weighted by Gasteiger charge is 2.17. The van der Waals surface area contributed by atoms with E-state index in [9.17, 15) is 9.59 Å². The van der Waals surface area contributed by atoms with Gasteiger partial charge in [0.05, 0.1) is 30.8 Å². The molecule has 36 heavy (non-hydrogen) atoms. The van der Waals surface area contributed by atoms with Crippen LogP contribution in [0.15, 0.2) is 57.4 Å². The molecular formula is C27H30BrN3O5. The molecule has 0 aliphatic heterocycles. The van der Waals surface area contributed by atoms with Gasteiger partial charge in [0.1, 0.15) is 5.82 Å². The van der Waals surface area contributed by atoms with Crippen molar-refractivity contribution in [3.8, 4) is 11.5 Å². The van der Waals surface area contributed by atoms with E-state index in [1.807, 2.05) is 39.0 Å². The van der Waals surface area contributed by atoms with Crippen LogP contribution in [0.1, 0.15) is 50.1 Å². The summed E-state index contributed by atoms with van der Waals surface area (Å²) >= 11 is 3.43. The lowest BCUT2D eigenvalue weighted by Crippen LogP contribution is -2.23. The summed E-state index contributed by atoms with van der Waals surface area (Å²) in [6, 6.07) is 9.05. The van der Waals surface area contributed by atoms with Crippen LogP contribution in [0.25, 0.3) is 10.9 Å². The van der Waals surface area contributed by atoms with Crippen LogP contribution in [0.3, 0.4) is 0 Å². The average molecular weight is 556 g/mol. The van der Waals surface area contributed by atoms with Crippen molar-refractivity contribution in [1.82, 2.24) is 9.66 Å². The van der Waals surface area contributed by atoms with Gasteiger partial charge in [-0.15, -0.1) is 6.58 Å². The molecule has 3 rings (SSSR count). The molecule has 3 aromatic rings. The van der Waals surface area contributed by atoms with E-state index in [0.717, 1.165) is 16.5 Å². The van der Waals surface area contributed by atoms with Crippen LogP contribution < -0.4 is 15.0 Å². The largest absolute Gasteiger partial charge is 0.490 e. The maximum atomic E-state index is 13.4. The van der Waals surface area contributed by atoms with Crippen LogP contribution in [0.5, 0.6) is 11.5 Å². The number of benzene rings is 2. The first-order valence-corrected chi connectivity index (χ1v) is 12.5. The van der Waals surface area contributed by atoms with Gasteiger partial charge in [0.15, 0.2) is 18.1 Å². The molecule has 9 heteroatoms. The average Bonchev–Trinajstić information content (AvgIpc) is 2.87. The second-order valence-electron chi connectivity index (χ2n) is 8.10. The SMILES string of the molecule is C=CCc1cc(C=Nn2c([C@@H](C)CC)nc3ccc(Br)cc3c2=O)cc(OCC)c1OCC(=O)OC. The molecule has 0 radical (unpaired) electrons. The first-order chi connectivity index (χ1) is 17.3. The summed E-state index contributed by atoms with van der Waals surface area (Å²) < 4.78 is 18.4. The molecule has 8 nitrogen and oxygen atoms in total. The predicted octanol–water partition coefficient (Wildman–Crippen LogP) is 5.23. The topological polar surface area (TPSA) is 92.0 Å². The maximum Gasteiger partial charge on any atom is 0.343 e. The van der Waals surface area contributed by atoms with Crippen molar-refractivity contribution in [3.05, 3.63) is 74.8 Å². The smallest absolute Gasteiger partial charge is 0.343 e. The van der Waals surface area contributed by atoms with Gasteiger partial charge < -0.3 is 14.2 Å². The summed E-state index contributed by atoms with van der Waals surface area (Å²) in [5.41, 5.74) is 1.83. The molecule has 0 bridgehead atoms. The lowest BCUT2D eigenvalue weighted by atomic mass is 10.1. The highest BCUT2D eigenvalue weighted by atomic mass is 79.9. The van der Waals surface area contributed by atoms with E-state index in [0.29, 0.717) is 46.8 Å².